The third-order valence-corrected chi connectivity index (χ3v) is 4.91. The molecule has 1 aliphatic heterocycles. The third-order valence-electron chi connectivity index (χ3n) is 4.91. The van der Waals surface area contributed by atoms with E-state index in [0.29, 0.717) is 30.0 Å². The zero-order chi connectivity index (χ0) is 21.1. The highest BCUT2D eigenvalue weighted by molar-refractivity contribution is 5.97. The van der Waals surface area contributed by atoms with Gasteiger partial charge in [0.25, 0.3) is 0 Å². The fourth-order valence-corrected chi connectivity index (χ4v) is 3.39. The Morgan fingerprint density at radius 3 is 2.53 bits per heavy atom. The van der Waals surface area contributed by atoms with Crippen LogP contribution < -0.4 is 4.74 Å². The normalized spacial score (nSPS) is 18.1. The van der Waals surface area contributed by atoms with E-state index in [-0.39, 0.29) is 6.10 Å². The lowest BCUT2D eigenvalue weighted by Gasteiger charge is -2.08. The SMILES string of the molecule is COc1ccc(-c2nn(Cc3ccccc3)cc2C(=O)O[C@H]2C[C@H](C)OC2=O)cc1. The van der Waals surface area contributed by atoms with E-state index in [9.17, 15) is 9.59 Å². The highest BCUT2D eigenvalue weighted by Gasteiger charge is 2.36. The number of rotatable bonds is 6. The molecule has 1 aromatic heterocycles. The van der Waals surface area contributed by atoms with Crippen LogP contribution in [0.5, 0.6) is 5.75 Å². The second kappa shape index (κ2) is 8.41. The maximum Gasteiger partial charge on any atom is 0.347 e. The minimum absolute atomic E-state index is 0.267. The van der Waals surface area contributed by atoms with Crippen molar-refractivity contribution in [1.82, 2.24) is 9.78 Å². The van der Waals surface area contributed by atoms with Gasteiger partial charge in [-0.25, -0.2) is 9.59 Å². The van der Waals surface area contributed by atoms with Crippen LogP contribution in [0.2, 0.25) is 0 Å². The number of benzene rings is 2. The summed E-state index contributed by atoms with van der Waals surface area (Å²) in [5.41, 5.74) is 2.58. The molecule has 7 heteroatoms. The summed E-state index contributed by atoms with van der Waals surface area (Å²) < 4.78 is 17.4. The average molecular weight is 406 g/mol. The molecule has 7 nitrogen and oxygen atoms in total. The molecule has 0 bridgehead atoms. The molecule has 1 aliphatic rings. The first-order chi connectivity index (χ1) is 14.5. The molecule has 0 spiro atoms. The van der Waals surface area contributed by atoms with E-state index in [0.717, 1.165) is 11.1 Å². The van der Waals surface area contributed by atoms with Crippen LogP contribution in [0.4, 0.5) is 0 Å². The van der Waals surface area contributed by atoms with Gasteiger partial charge >= 0.3 is 11.9 Å². The Kier molecular flexibility index (Phi) is 5.52. The van der Waals surface area contributed by atoms with Crippen LogP contribution in [0.3, 0.4) is 0 Å². The highest BCUT2D eigenvalue weighted by Crippen LogP contribution is 2.27. The van der Waals surface area contributed by atoms with E-state index in [1.807, 2.05) is 42.5 Å². The molecule has 0 amide bonds. The van der Waals surface area contributed by atoms with Crippen molar-refractivity contribution in [2.75, 3.05) is 7.11 Å². The average Bonchev–Trinajstić information content (AvgIpc) is 3.31. The Morgan fingerprint density at radius 1 is 1.17 bits per heavy atom. The van der Waals surface area contributed by atoms with Crippen LogP contribution in [-0.2, 0) is 20.8 Å². The van der Waals surface area contributed by atoms with Crippen molar-refractivity contribution in [3.63, 3.8) is 0 Å². The van der Waals surface area contributed by atoms with Gasteiger partial charge in [0.05, 0.1) is 13.7 Å². The summed E-state index contributed by atoms with van der Waals surface area (Å²) in [5, 5.41) is 4.62. The van der Waals surface area contributed by atoms with Gasteiger partial charge in [-0.05, 0) is 36.8 Å². The number of esters is 2. The van der Waals surface area contributed by atoms with Crippen molar-refractivity contribution in [1.29, 1.82) is 0 Å². The molecule has 0 saturated carbocycles. The van der Waals surface area contributed by atoms with Crippen LogP contribution in [0.15, 0.2) is 60.8 Å². The van der Waals surface area contributed by atoms with E-state index in [1.54, 1.807) is 37.0 Å². The minimum atomic E-state index is -0.895. The first kappa shape index (κ1) is 19.7. The lowest BCUT2D eigenvalue weighted by atomic mass is 10.1. The predicted octanol–water partition coefficient (Wildman–Crippen LogP) is 3.47. The van der Waals surface area contributed by atoms with Gasteiger partial charge in [-0.2, -0.15) is 5.10 Å². The van der Waals surface area contributed by atoms with Gasteiger partial charge in [-0.1, -0.05) is 30.3 Å². The van der Waals surface area contributed by atoms with Crippen molar-refractivity contribution in [2.45, 2.75) is 32.1 Å². The van der Waals surface area contributed by atoms with E-state index in [4.69, 9.17) is 14.2 Å². The van der Waals surface area contributed by atoms with Gasteiger partial charge in [0.15, 0.2) is 0 Å². The molecule has 0 radical (unpaired) electrons. The summed E-state index contributed by atoms with van der Waals surface area (Å²) in [6.07, 6.45) is 0.838. The van der Waals surface area contributed by atoms with Crippen LogP contribution >= 0.6 is 0 Å². The maximum atomic E-state index is 12.9. The number of aromatic nitrogens is 2. The van der Waals surface area contributed by atoms with E-state index in [2.05, 4.69) is 5.10 Å². The number of hydrogen-bond donors (Lipinski definition) is 0. The Morgan fingerprint density at radius 2 is 1.90 bits per heavy atom. The molecule has 30 heavy (non-hydrogen) atoms. The summed E-state index contributed by atoms with van der Waals surface area (Å²) in [7, 11) is 1.59. The smallest absolute Gasteiger partial charge is 0.347 e. The number of carbonyl (C=O) groups excluding carboxylic acids is 2. The lowest BCUT2D eigenvalue weighted by Crippen LogP contribution is -2.22. The van der Waals surface area contributed by atoms with Gasteiger partial charge in [0.2, 0.25) is 6.10 Å². The molecule has 4 rings (SSSR count). The second-order valence-corrected chi connectivity index (χ2v) is 7.18. The monoisotopic (exact) mass is 406 g/mol. The molecular weight excluding hydrogens is 384 g/mol. The fraction of sp³-hybridized carbons (Fsp3) is 0.261. The molecule has 1 saturated heterocycles. The molecule has 2 aromatic carbocycles. The van der Waals surface area contributed by atoms with Crippen molar-refractivity contribution >= 4 is 11.9 Å². The zero-order valence-electron chi connectivity index (χ0n) is 16.8. The summed E-state index contributed by atoms with van der Waals surface area (Å²) in [6.45, 7) is 2.27. The second-order valence-electron chi connectivity index (χ2n) is 7.18. The van der Waals surface area contributed by atoms with Crippen LogP contribution in [0.1, 0.15) is 29.3 Å². The Hall–Kier alpha value is -3.61. The molecule has 0 unspecified atom stereocenters. The van der Waals surface area contributed by atoms with Gasteiger partial charge in [-0.3, -0.25) is 4.68 Å². The number of hydrogen-bond acceptors (Lipinski definition) is 6. The minimum Gasteiger partial charge on any atom is -0.497 e. The Bertz CT molecular complexity index is 1040. The van der Waals surface area contributed by atoms with Crippen molar-refractivity contribution in [2.24, 2.45) is 0 Å². The molecule has 3 aromatic rings. The molecular formula is C23H22N2O5. The van der Waals surface area contributed by atoms with Gasteiger partial charge in [-0.15, -0.1) is 0 Å². The van der Waals surface area contributed by atoms with E-state index >= 15 is 0 Å². The molecule has 2 heterocycles. The number of cyclic esters (lactones) is 1. The molecule has 0 aliphatic carbocycles. The number of methoxy groups -OCH3 is 1. The Balaban J connectivity index is 1.65. The van der Waals surface area contributed by atoms with Crippen LogP contribution in [0, 0.1) is 0 Å². The molecule has 0 N–H and O–H groups in total. The number of ether oxygens (including phenoxy) is 3. The zero-order valence-corrected chi connectivity index (χ0v) is 16.8. The van der Waals surface area contributed by atoms with Crippen LogP contribution in [-0.4, -0.2) is 41.0 Å². The van der Waals surface area contributed by atoms with Crippen molar-refractivity contribution in [3.05, 3.63) is 71.9 Å². The molecule has 1 fully saturated rings. The summed E-state index contributed by atoms with van der Waals surface area (Å²) in [5.74, 6) is -0.413. The number of carbonyl (C=O) groups is 2. The predicted molar refractivity (Wildman–Crippen MR) is 109 cm³/mol. The first-order valence-electron chi connectivity index (χ1n) is 9.71. The lowest BCUT2D eigenvalue weighted by molar-refractivity contribution is -0.147. The molecule has 154 valence electrons. The van der Waals surface area contributed by atoms with E-state index < -0.39 is 18.0 Å². The number of nitrogens with zero attached hydrogens (tertiary/aromatic N) is 2. The third kappa shape index (κ3) is 4.20. The summed E-state index contributed by atoms with van der Waals surface area (Å²) in [6, 6.07) is 17.1. The summed E-state index contributed by atoms with van der Waals surface area (Å²) in [4.78, 5) is 24.8. The topological polar surface area (TPSA) is 79.7 Å². The fourth-order valence-electron chi connectivity index (χ4n) is 3.39. The standard InChI is InChI=1S/C23H22N2O5/c1-15-12-20(23(27)29-15)30-22(26)19-14-25(13-16-6-4-3-5-7-16)24-21(19)17-8-10-18(28-2)11-9-17/h3-11,14-15,20H,12-13H2,1-2H3/t15-,20-/m0/s1. The van der Waals surface area contributed by atoms with Crippen LogP contribution in [0.25, 0.3) is 11.3 Å². The van der Waals surface area contributed by atoms with Gasteiger partial charge in [0, 0.05) is 18.2 Å². The largest absolute Gasteiger partial charge is 0.497 e. The van der Waals surface area contributed by atoms with Gasteiger partial charge in [0.1, 0.15) is 23.1 Å². The quantitative estimate of drug-likeness (QED) is 0.583. The molecule has 2 atom stereocenters. The summed E-state index contributed by atoms with van der Waals surface area (Å²) >= 11 is 0. The van der Waals surface area contributed by atoms with Gasteiger partial charge < -0.3 is 14.2 Å². The Labute approximate surface area is 174 Å². The first-order valence-corrected chi connectivity index (χ1v) is 9.71. The maximum absolute atomic E-state index is 12.9. The van der Waals surface area contributed by atoms with Crippen molar-refractivity contribution < 1.29 is 23.8 Å². The van der Waals surface area contributed by atoms with Crippen molar-refractivity contribution in [3.8, 4) is 17.0 Å². The van der Waals surface area contributed by atoms with E-state index in [1.165, 1.54) is 0 Å². The highest BCUT2D eigenvalue weighted by atomic mass is 16.6.